The van der Waals surface area contributed by atoms with Crippen LogP contribution in [0.1, 0.15) is 25.7 Å². The number of amides is 1. The molecule has 0 bridgehead atoms. The van der Waals surface area contributed by atoms with Gasteiger partial charge in [-0.3, -0.25) is 4.79 Å². The number of carbonyl (C=O) groups excluding carboxylic acids is 1. The molecule has 0 N–H and O–H groups in total. The Bertz CT molecular complexity index is 615. The molecular weight excluding hydrogens is 333 g/mol. The van der Waals surface area contributed by atoms with Crippen molar-refractivity contribution in [3.8, 4) is 0 Å². The molecule has 2 saturated heterocycles. The van der Waals surface area contributed by atoms with Crippen LogP contribution in [0.15, 0.2) is 12.3 Å². The highest BCUT2D eigenvalue weighted by Gasteiger charge is 2.42. The lowest BCUT2D eigenvalue weighted by Gasteiger charge is -2.48. The maximum Gasteiger partial charge on any atom is 0.222 e. The Morgan fingerprint density at radius 2 is 2.25 bits per heavy atom. The van der Waals surface area contributed by atoms with Crippen molar-refractivity contribution >= 4 is 23.3 Å². The van der Waals surface area contributed by atoms with Crippen LogP contribution in [-0.2, 0) is 9.53 Å². The lowest BCUT2D eigenvalue weighted by Crippen LogP contribution is -2.54. The Morgan fingerprint density at radius 3 is 3.00 bits per heavy atom. The van der Waals surface area contributed by atoms with E-state index in [2.05, 4.69) is 4.98 Å². The molecule has 1 atom stereocenters. The Hall–Kier alpha value is -1.40. The summed E-state index contributed by atoms with van der Waals surface area (Å²) in [5, 5.41) is 0.303. The highest BCUT2D eigenvalue weighted by atomic mass is 35.5. The normalized spacial score (nSPS) is 24.7. The van der Waals surface area contributed by atoms with Gasteiger partial charge in [0.25, 0.3) is 0 Å². The van der Waals surface area contributed by atoms with E-state index in [1.165, 1.54) is 12.3 Å². The van der Waals surface area contributed by atoms with E-state index in [0.717, 1.165) is 32.4 Å². The quantitative estimate of drug-likeness (QED) is 0.833. The van der Waals surface area contributed by atoms with Gasteiger partial charge in [0.05, 0.1) is 11.6 Å². The van der Waals surface area contributed by atoms with Crippen molar-refractivity contribution in [3.63, 3.8) is 0 Å². The summed E-state index contributed by atoms with van der Waals surface area (Å²) < 4.78 is 19.3. The number of pyridine rings is 1. The van der Waals surface area contributed by atoms with Gasteiger partial charge in [-0.2, -0.15) is 0 Å². The van der Waals surface area contributed by atoms with E-state index in [0.29, 0.717) is 37.0 Å². The van der Waals surface area contributed by atoms with Crippen molar-refractivity contribution in [2.75, 3.05) is 44.8 Å². The second-order valence-electron chi connectivity index (χ2n) is 6.79. The average Bonchev–Trinajstić information content (AvgIpc) is 2.56. The molecule has 0 unspecified atom stereocenters. The number of anilines is 1. The largest absolute Gasteiger partial charge is 0.383 e. The van der Waals surface area contributed by atoms with E-state index in [1.54, 1.807) is 7.11 Å². The molecule has 3 rings (SSSR count). The molecule has 1 spiro atoms. The average molecular weight is 356 g/mol. The van der Waals surface area contributed by atoms with Crippen LogP contribution < -0.4 is 4.90 Å². The maximum atomic E-state index is 14.2. The van der Waals surface area contributed by atoms with Gasteiger partial charge < -0.3 is 14.5 Å². The molecule has 0 radical (unpaired) electrons. The summed E-state index contributed by atoms with van der Waals surface area (Å²) in [6.07, 6.45) is 4.90. The molecule has 1 amide bonds. The van der Waals surface area contributed by atoms with E-state index < -0.39 is 0 Å². The van der Waals surface area contributed by atoms with Crippen molar-refractivity contribution in [1.82, 2.24) is 9.88 Å². The van der Waals surface area contributed by atoms with Gasteiger partial charge in [-0.05, 0) is 25.3 Å². The first kappa shape index (κ1) is 17.4. The summed E-state index contributed by atoms with van der Waals surface area (Å²) in [6, 6.07) is 1.31. The lowest BCUT2D eigenvalue weighted by atomic mass is 9.73. The predicted octanol–water partition coefficient (Wildman–Crippen LogP) is 2.73. The van der Waals surface area contributed by atoms with E-state index >= 15 is 0 Å². The van der Waals surface area contributed by atoms with Crippen LogP contribution in [0.4, 0.5) is 10.2 Å². The number of piperidine rings is 2. The molecule has 5 nitrogen and oxygen atoms in total. The fourth-order valence-corrected chi connectivity index (χ4v) is 4.01. The summed E-state index contributed by atoms with van der Waals surface area (Å²) in [5.74, 6) is 0.159. The fraction of sp³-hybridized carbons (Fsp3) is 0.647. The number of halogens is 2. The molecule has 0 saturated carbocycles. The second kappa shape index (κ2) is 7.23. The van der Waals surface area contributed by atoms with Crippen LogP contribution in [-0.4, -0.2) is 55.7 Å². The molecule has 1 aromatic heterocycles. The molecule has 0 aromatic carbocycles. The Morgan fingerprint density at radius 1 is 1.42 bits per heavy atom. The summed E-state index contributed by atoms with van der Waals surface area (Å²) >= 11 is 5.80. The van der Waals surface area contributed by atoms with E-state index in [-0.39, 0.29) is 17.1 Å². The second-order valence-corrected chi connectivity index (χ2v) is 7.23. The minimum absolute atomic E-state index is 0.00760. The van der Waals surface area contributed by atoms with E-state index in [1.807, 2.05) is 9.80 Å². The molecular formula is C17H23ClFN3O2. The van der Waals surface area contributed by atoms with Gasteiger partial charge in [-0.15, -0.1) is 0 Å². The molecule has 0 aliphatic carbocycles. The number of rotatable bonds is 4. The van der Waals surface area contributed by atoms with Gasteiger partial charge in [0.1, 0.15) is 0 Å². The summed E-state index contributed by atoms with van der Waals surface area (Å²) in [7, 11) is 1.64. The topological polar surface area (TPSA) is 45.7 Å². The fourth-order valence-electron chi connectivity index (χ4n) is 3.87. The van der Waals surface area contributed by atoms with Crippen molar-refractivity contribution in [1.29, 1.82) is 0 Å². The third-order valence-corrected chi connectivity index (χ3v) is 5.27. The number of carbonyl (C=O) groups is 1. The summed E-state index contributed by atoms with van der Waals surface area (Å²) in [5.41, 5.74) is 0.00760. The van der Waals surface area contributed by atoms with Gasteiger partial charge >= 0.3 is 0 Å². The van der Waals surface area contributed by atoms with Gasteiger partial charge in [0.2, 0.25) is 5.91 Å². The molecule has 132 valence electrons. The number of aromatic nitrogens is 1. The maximum absolute atomic E-state index is 14.2. The number of hydrogen-bond acceptors (Lipinski definition) is 4. The van der Waals surface area contributed by atoms with Gasteiger partial charge in [0, 0.05) is 51.3 Å². The number of hydrogen-bond donors (Lipinski definition) is 0. The van der Waals surface area contributed by atoms with Crippen molar-refractivity contribution < 1.29 is 13.9 Å². The van der Waals surface area contributed by atoms with Crippen LogP contribution in [0.5, 0.6) is 0 Å². The summed E-state index contributed by atoms with van der Waals surface area (Å²) in [6.45, 7) is 3.36. The third-order valence-electron chi connectivity index (χ3n) is 5.06. The zero-order valence-corrected chi connectivity index (χ0v) is 14.7. The van der Waals surface area contributed by atoms with Gasteiger partial charge in [0.15, 0.2) is 11.6 Å². The number of likely N-dealkylation sites (tertiary alicyclic amines) is 1. The zero-order valence-electron chi connectivity index (χ0n) is 13.9. The van der Waals surface area contributed by atoms with Crippen LogP contribution in [0, 0.1) is 11.2 Å². The smallest absolute Gasteiger partial charge is 0.222 e. The van der Waals surface area contributed by atoms with Crippen LogP contribution >= 0.6 is 11.6 Å². The predicted molar refractivity (Wildman–Crippen MR) is 90.8 cm³/mol. The van der Waals surface area contributed by atoms with Crippen LogP contribution in [0.3, 0.4) is 0 Å². The monoisotopic (exact) mass is 355 g/mol. The number of methoxy groups -OCH3 is 1. The third kappa shape index (κ3) is 3.64. The number of nitrogens with zero attached hydrogens (tertiary/aromatic N) is 3. The van der Waals surface area contributed by atoms with E-state index in [4.69, 9.17) is 16.3 Å². The molecule has 7 heteroatoms. The standard InChI is InChI=1S/C17H23ClFN3O2/c1-24-8-7-21-11-17(5-3-15(21)23)4-2-6-22(12-17)16-14(19)9-13(18)10-20-16/h9-10H,2-8,11-12H2,1H3/t17-/m0/s1. The van der Waals surface area contributed by atoms with Gasteiger partial charge in [-0.1, -0.05) is 11.6 Å². The minimum Gasteiger partial charge on any atom is -0.383 e. The van der Waals surface area contributed by atoms with Crippen molar-refractivity contribution in [2.45, 2.75) is 25.7 Å². The molecule has 2 fully saturated rings. The highest BCUT2D eigenvalue weighted by molar-refractivity contribution is 6.30. The first-order valence-electron chi connectivity index (χ1n) is 8.36. The van der Waals surface area contributed by atoms with Crippen LogP contribution in [0.25, 0.3) is 0 Å². The first-order chi connectivity index (χ1) is 11.5. The number of ether oxygens (including phenoxy) is 1. The Balaban J connectivity index is 1.75. The van der Waals surface area contributed by atoms with E-state index in [9.17, 15) is 9.18 Å². The molecule has 2 aliphatic heterocycles. The zero-order chi connectivity index (χ0) is 17.2. The van der Waals surface area contributed by atoms with Crippen LogP contribution in [0.2, 0.25) is 5.02 Å². The Kier molecular flexibility index (Phi) is 5.25. The molecule has 2 aliphatic rings. The lowest BCUT2D eigenvalue weighted by molar-refractivity contribution is -0.138. The molecule has 24 heavy (non-hydrogen) atoms. The van der Waals surface area contributed by atoms with Crippen molar-refractivity contribution in [2.24, 2.45) is 5.41 Å². The Labute approximate surface area is 146 Å². The minimum atomic E-state index is -0.386. The van der Waals surface area contributed by atoms with Gasteiger partial charge in [-0.25, -0.2) is 9.37 Å². The SMILES string of the molecule is COCCN1C[C@]2(CCCN(c3ncc(Cl)cc3F)C2)CCC1=O. The first-order valence-corrected chi connectivity index (χ1v) is 8.73. The summed E-state index contributed by atoms with van der Waals surface area (Å²) in [4.78, 5) is 20.2. The van der Waals surface area contributed by atoms with Crippen molar-refractivity contribution in [3.05, 3.63) is 23.1 Å². The molecule has 3 heterocycles. The highest BCUT2D eigenvalue weighted by Crippen LogP contribution is 2.40. The molecule has 1 aromatic rings.